The van der Waals surface area contributed by atoms with Gasteiger partial charge in [-0.3, -0.25) is 4.57 Å². The fourth-order valence-electron chi connectivity index (χ4n) is 2.27. The number of fused-ring (bicyclic) bond motifs is 1. The molecule has 0 radical (unpaired) electrons. The summed E-state index contributed by atoms with van der Waals surface area (Å²) in [5, 5.41) is 0.00330. The molecule has 21 heavy (non-hydrogen) atoms. The summed E-state index contributed by atoms with van der Waals surface area (Å²) in [6, 6.07) is 7.39. The van der Waals surface area contributed by atoms with E-state index in [1.165, 1.54) is 18.2 Å². The lowest BCUT2D eigenvalue weighted by molar-refractivity contribution is 0.618. The molecule has 1 heterocycles. The lowest BCUT2D eigenvalue weighted by Crippen LogP contribution is -2.00. The molecule has 0 aliphatic heterocycles. The molecular formula is C15H10Cl2F2N2. The van der Waals surface area contributed by atoms with Crippen molar-refractivity contribution in [2.75, 3.05) is 0 Å². The van der Waals surface area contributed by atoms with E-state index < -0.39 is 5.82 Å². The number of rotatable bonds is 2. The second-order valence-electron chi connectivity index (χ2n) is 4.69. The fourth-order valence-corrected chi connectivity index (χ4v) is 2.61. The minimum atomic E-state index is -0.537. The van der Waals surface area contributed by atoms with Gasteiger partial charge in [-0.25, -0.2) is 13.8 Å². The Morgan fingerprint density at radius 2 is 1.90 bits per heavy atom. The normalized spacial score (nSPS) is 11.3. The lowest BCUT2D eigenvalue weighted by Gasteiger charge is -2.09. The van der Waals surface area contributed by atoms with Gasteiger partial charge in [-0.05, 0) is 36.8 Å². The van der Waals surface area contributed by atoms with Crippen LogP contribution in [0.1, 0.15) is 11.4 Å². The summed E-state index contributed by atoms with van der Waals surface area (Å²) < 4.78 is 28.9. The Morgan fingerprint density at radius 3 is 2.57 bits per heavy atom. The van der Waals surface area contributed by atoms with E-state index in [1.54, 1.807) is 23.6 Å². The van der Waals surface area contributed by atoms with Gasteiger partial charge in [-0.15, -0.1) is 11.6 Å². The summed E-state index contributed by atoms with van der Waals surface area (Å²) in [7, 11) is 0. The van der Waals surface area contributed by atoms with Crippen molar-refractivity contribution in [2.24, 2.45) is 0 Å². The van der Waals surface area contributed by atoms with Crippen LogP contribution >= 0.6 is 23.2 Å². The lowest BCUT2D eigenvalue weighted by atomic mass is 10.2. The summed E-state index contributed by atoms with van der Waals surface area (Å²) in [5.74, 6) is -0.154. The molecule has 0 saturated carbocycles. The van der Waals surface area contributed by atoms with Crippen molar-refractivity contribution >= 4 is 34.2 Å². The van der Waals surface area contributed by atoms with E-state index in [4.69, 9.17) is 23.2 Å². The zero-order chi connectivity index (χ0) is 15.1. The topological polar surface area (TPSA) is 17.8 Å². The number of aryl methyl sites for hydroxylation is 1. The number of alkyl halides is 1. The van der Waals surface area contributed by atoms with Crippen LogP contribution < -0.4 is 0 Å². The zero-order valence-electron chi connectivity index (χ0n) is 11.0. The number of aromatic nitrogens is 2. The number of hydrogen-bond acceptors (Lipinski definition) is 1. The first-order chi connectivity index (χ1) is 10.0. The van der Waals surface area contributed by atoms with Gasteiger partial charge in [0.25, 0.3) is 0 Å². The highest BCUT2D eigenvalue weighted by atomic mass is 35.5. The molecule has 3 rings (SSSR count). The summed E-state index contributed by atoms with van der Waals surface area (Å²) in [6.45, 7) is 1.66. The van der Waals surface area contributed by atoms with E-state index in [0.717, 1.165) is 0 Å². The molecule has 1 aromatic heterocycles. The quantitative estimate of drug-likeness (QED) is 0.605. The van der Waals surface area contributed by atoms with Gasteiger partial charge in [-0.2, -0.15) is 0 Å². The third kappa shape index (κ3) is 2.39. The van der Waals surface area contributed by atoms with Crippen LogP contribution in [0.25, 0.3) is 16.7 Å². The second-order valence-corrected chi connectivity index (χ2v) is 5.36. The molecule has 6 heteroatoms. The molecule has 2 nitrogen and oxygen atoms in total. The van der Waals surface area contributed by atoms with Crippen LogP contribution in [0.15, 0.2) is 30.3 Å². The summed E-state index contributed by atoms with van der Waals surface area (Å²) in [5.41, 5.74) is 2.25. The van der Waals surface area contributed by atoms with Crippen LogP contribution in [0.3, 0.4) is 0 Å². The number of benzene rings is 2. The van der Waals surface area contributed by atoms with Crippen molar-refractivity contribution in [1.82, 2.24) is 9.55 Å². The second kappa shape index (κ2) is 5.28. The molecular weight excluding hydrogens is 317 g/mol. The Balaban J connectivity index is 2.34. The van der Waals surface area contributed by atoms with Gasteiger partial charge in [0.2, 0.25) is 0 Å². The summed E-state index contributed by atoms with van der Waals surface area (Å²) in [4.78, 5) is 4.35. The van der Waals surface area contributed by atoms with Gasteiger partial charge in [0.15, 0.2) is 0 Å². The highest BCUT2D eigenvalue weighted by Gasteiger charge is 2.15. The number of nitrogens with zero attached hydrogens (tertiary/aromatic N) is 2. The Hall–Kier alpha value is -1.65. The molecule has 2 aromatic carbocycles. The standard InChI is InChI=1S/C15H10Cl2F2N2/c1-8-4-9(2-3-11(8)18)21-14-6-12(19)10(17)5-13(14)20-15(21)7-16/h2-6H,7H2,1H3. The molecule has 0 N–H and O–H groups in total. The van der Waals surface area contributed by atoms with Gasteiger partial charge in [0.1, 0.15) is 17.5 Å². The van der Waals surface area contributed by atoms with Gasteiger partial charge < -0.3 is 0 Å². The van der Waals surface area contributed by atoms with Crippen molar-refractivity contribution in [1.29, 1.82) is 0 Å². The van der Waals surface area contributed by atoms with Gasteiger partial charge >= 0.3 is 0 Å². The van der Waals surface area contributed by atoms with Crippen LogP contribution in [0, 0.1) is 18.6 Å². The molecule has 108 valence electrons. The Labute approximate surface area is 129 Å². The van der Waals surface area contributed by atoms with Crippen LogP contribution in [0.4, 0.5) is 8.78 Å². The van der Waals surface area contributed by atoms with Crippen molar-refractivity contribution < 1.29 is 8.78 Å². The minimum absolute atomic E-state index is 0.00330. The van der Waals surface area contributed by atoms with Gasteiger partial charge in [0, 0.05) is 11.8 Å². The highest BCUT2D eigenvalue weighted by Crippen LogP contribution is 2.28. The van der Waals surface area contributed by atoms with E-state index in [-0.39, 0.29) is 16.7 Å². The monoisotopic (exact) mass is 326 g/mol. The third-order valence-electron chi connectivity index (χ3n) is 3.29. The first-order valence-electron chi connectivity index (χ1n) is 6.20. The molecule has 3 aromatic rings. The molecule has 0 fully saturated rings. The van der Waals surface area contributed by atoms with Crippen LogP contribution in [-0.4, -0.2) is 9.55 Å². The van der Waals surface area contributed by atoms with Crippen molar-refractivity contribution in [3.8, 4) is 5.69 Å². The average molecular weight is 327 g/mol. The smallest absolute Gasteiger partial charge is 0.144 e. The maximum Gasteiger partial charge on any atom is 0.144 e. The maximum absolute atomic E-state index is 13.7. The SMILES string of the molecule is Cc1cc(-n2c(CCl)nc3cc(Cl)c(F)cc32)ccc1F. The highest BCUT2D eigenvalue weighted by molar-refractivity contribution is 6.31. The van der Waals surface area contributed by atoms with Crippen LogP contribution in [0.2, 0.25) is 5.02 Å². The maximum atomic E-state index is 13.7. The van der Waals surface area contributed by atoms with Crippen LogP contribution in [0.5, 0.6) is 0 Å². The van der Waals surface area contributed by atoms with E-state index in [0.29, 0.717) is 28.1 Å². The molecule has 0 spiro atoms. The van der Waals surface area contributed by atoms with E-state index in [1.807, 2.05) is 0 Å². The molecule has 0 unspecified atom stereocenters. The van der Waals surface area contributed by atoms with Crippen molar-refractivity contribution in [3.05, 3.63) is 58.4 Å². The van der Waals surface area contributed by atoms with Crippen molar-refractivity contribution in [3.63, 3.8) is 0 Å². The molecule has 0 bridgehead atoms. The van der Waals surface area contributed by atoms with Gasteiger partial charge in [0.05, 0.1) is 21.9 Å². The molecule has 0 aliphatic carbocycles. The number of imidazole rings is 1. The first-order valence-corrected chi connectivity index (χ1v) is 7.11. The largest absolute Gasteiger partial charge is 0.295 e. The Morgan fingerprint density at radius 1 is 1.14 bits per heavy atom. The molecule has 0 saturated heterocycles. The summed E-state index contributed by atoms with van der Waals surface area (Å²) in [6.07, 6.45) is 0. The predicted octanol–water partition coefficient (Wildman–Crippen LogP) is 5.00. The average Bonchev–Trinajstić information content (AvgIpc) is 2.80. The Bertz CT molecular complexity index is 843. The van der Waals surface area contributed by atoms with Crippen molar-refractivity contribution in [2.45, 2.75) is 12.8 Å². The fraction of sp³-hybridized carbons (Fsp3) is 0.133. The summed E-state index contributed by atoms with van der Waals surface area (Å²) >= 11 is 11.7. The predicted molar refractivity (Wildman–Crippen MR) is 80.3 cm³/mol. The first kappa shape index (κ1) is 14.3. The van der Waals surface area contributed by atoms with Crippen LogP contribution in [-0.2, 0) is 5.88 Å². The zero-order valence-corrected chi connectivity index (χ0v) is 12.5. The van der Waals surface area contributed by atoms with E-state index in [2.05, 4.69) is 4.98 Å². The molecule has 0 aliphatic rings. The number of hydrogen-bond donors (Lipinski definition) is 0. The van der Waals surface area contributed by atoms with E-state index in [9.17, 15) is 8.78 Å². The van der Waals surface area contributed by atoms with Gasteiger partial charge in [-0.1, -0.05) is 11.6 Å². The Kier molecular flexibility index (Phi) is 3.59. The number of halogens is 4. The third-order valence-corrected chi connectivity index (χ3v) is 3.81. The minimum Gasteiger partial charge on any atom is -0.295 e. The molecule has 0 atom stereocenters. The molecule has 0 amide bonds. The van der Waals surface area contributed by atoms with E-state index >= 15 is 0 Å².